The van der Waals surface area contributed by atoms with E-state index in [2.05, 4.69) is 0 Å². The molecule has 0 spiro atoms. The molecule has 0 fully saturated rings. The minimum Gasteiger partial charge on any atom is -0.508 e. The van der Waals surface area contributed by atoms with Gasteiger partial charge in [-0.3, -0.25) is 0 Å². The summed E-state index contributed by atoms with van der Waals surface area (Å²) in [6, 6.07) is 19.2. The Morgan fingerprint density at radius 1 is 0.973 bits per heavy atom. The first-order chi connectivity index (χ1) is 17.5. The number of hydrogen-bond acceptors (Lipinski definition) is 6. The van der Waals surface area contributed by atoms with Crippen LogP contribution >= 0.6 is 0 Å². The topological polar surface area (TPSA) is 96.3 Å². The maximum atomic E-state index is 12.4. The molecule has 0 radical (unpaired) electrons. The SMILES string of the molecule is CC1=C(c2cccc(O)c2)C(c2ccc(OC[C@H](C)N(C)S(=O)(=O)C(C)C)cc2)Oc2ccc(O)cc21. The lowest BCUT2D eigenvalue weighted by molar-refractivity contribution is 0.231. The summed E-state index contributed by atoms with van der Waals surface area (Å²) in [5.41, 5.74) is 4.33. The number of sulfonamides is 1. The third-order valence-electron chi connectivity index (χ3n) is 6.73. The molecule has 0 saturated heterocycles. The largest absolute Gasteiger partial charge is 0.508 e. The molecule has 4 rings (SSSR count). The number of phenols is 2. The van der Waals surface area contributed by atoms with Crippen LogP contribution in [0.2, 0.25) is 0 Å². The average molecular weight is 524 g/mol. The lowest BCUT2D eigenvalue weighted by atomic mass is 9.86. The molecule has 1 heterocycles. The van der Waals surface area contributed by atoms with Gasteiger partial charge in [-0.15, -0.1) is 0 Å². The van der Waals surface area contributed by atoms with Gasteiger partial charge in [0.25, 0.3) is 0 Å². The van der Waals surface area contributed by atoms with Crippen LogP contribution in [0.15, 0.2) is 66.7 Å². The maximum Gasteiger partial charge on any atom is 0.216 e. The van der Waals surface area contributed by atoms with E-state index in [0.29, 0.717) is 11.5 Å². The second-order valence-electron chi connectivity index (χ2n) is 9.61. The standard InChI is InChI=1S/C29H33NO6S/c1-18(2)37(33,34)30(5)19(3)17-35-25-12-9-21(10-13-25)29-28(22-7-6-8-23(31)15-22)20(4)26-16-24(32)11-14-27(26)36-29/h6-16,18-19,29,31-32H,17H2,1-5H3/t19-,29?/m0/s1. The molecule has 1 unspecified atom stereocenters. The molecule has 1 aliphatic heterocycles. The van der Waals surface area contributed by atoms with Gasteiger partial charge in [0.2, 0.25) is 10.0 Å². The fourth-order valence-electron chi connectivity index (χ4n) is 4.36. The lowest BCUT2D eigenvalue weighted by Gasteiger charge is -2.31. The molecule has 3 aromatic carbocycles. The Morgan fingerprint density at radius 3 is 2.30 bits per heavy atom. The Kier molecular flexibility index (Phi) is 7.52. The van der Waals surface area contributed by atoms with Gasteiger partial charge in [-0.1, -0.05) is 24.3 Å². The summed E-state index contributed by atoms with van der Waals surface area (Å²) in [5.74, 6) is 1.58. The van der Waals surface area contributed by atoms with Crippen molar-refractivity contribution >= 4 is 21.2 Å². The number of likely N-dealkylation sites (N-methyl/N-ethyl adjacent to an activating group) is 1. The number of fused-ring (bicyclic) bond motifs is 1. The third kappa shape index (κ3) is 5.45. The molecule has 2 N–H and O–H groups in total. The Bertz CT molecular complexity index is 1410. The van der Waals surface area contributed by atoms with Crippen LogP contribution in [0, 0.1) is 0 Å². The van der Waals surface area contributed by atoms with Crippen molar-refractivity contribution in [1.82, 2.24) is 4.31 Å². The van der Waals surface area contributed by atoms with E-state index >= 15 is 0 Å². The fraction of sp³-hybridized carbons (Fsp3) is 0.310. The summed E-state index contributed by atoms with van der Waals surface area (Å²) in [5, 5.41) is 19.7. The second-order valence-corrected chi connectivity index (χ2v) is 12.2. The molecule has 0 aliphatic carbocycles. The molecule has 8 heteroatoms. The van der Waals surface area contributed by atoms with Crippen LogP contribution in [-0.4, -0.2) is 47.9 Å². The predicted molar refractivity (Wildman–Crippen MR) is 145 cm³/mol. The van der Waals surface area contributed by atoms with Crippen LogP contribution in [0.3, 0.4) is 0 Å². The first kappa shape index (κ1) is 26.6. The first-order valence-corrected chi connectivity index (χ1v) is 13.7. The number of benzene rings is 3. The Morgan fingerprint density at radius 2 is 1.65 bits per heavy atom. The fourth-order valence-corrected chi connectivity index (χ4v) is 5.59. The Balaban J connectivity index is 1.60. The smallest absolute Gasteiger partial charge is 0.216 e. The number of aromatic hydroxyl groups is 2. The first-order valence-electron chi connectivity index (χ1n) is 12.2. The third-order valence-corrected chi connectivity index (χ3v) is 9.08. The zero-order chi connectivity index (χ0) is 26.9. The highest BCUT2D eigenvalue weighted by atomic mass is 32.2. The average Bonchev–Trinajstić information content (AvgIpc) is 2.87. The normalized spacial score (nSPS) is 16.5. The Labute approximate surface area is 218 Å². The molecule has 3 aromatic rings. The second kappa shape index (κ2) is 10.5. The molecule has 0 amide bonds. The van der Waals surface area contributed by atoms with E-state index in [4.69, 9.17) is 9.47 Å². The van der Waals surface area contributed by atoms with Gasteiger partial charge in [0.1, 0.15) is 35.7 Å². The van der Waals surface area contributed by atoms with Gasteiger partial charge in [-0.2, -0.15) is 4.31 Å². The predicted octanol–water partition coefficient (Wildman–Crippen LogP) is 5.60. The van der Waals surface area contributed by atoms with E-state index in [1.165, 1.54) is 4.31 Å². The summed E-state index contributed by atoms with van der Waals surface area (Å²) in [6.45, 7) is 7.33. The quantitative estimate of drug-likeness (QED) is 0.399. The highest BCUT2D eigenvalue weighted by Crippen LogP contribution is 2.47. The van der Waals surface area contributed by atoms with Gasteiger partial charge in [-0.25, -0.2) is 8.42 Å². The molecule has 2 atom stereocenters. The van der Waals surface area contributed by atoms with E-state index in [-0.39, 0.29) is 24.1 Å². The van der Waals surface area contributed by atoms with Crippen molar-refractivity contribution < 1.29 is 28.1 Å². The molecule has 196 valence electrons. The monoisotopic (exact) mass is 523 g/mol. The van der Waals surface area contributed by atoms with Crippen LogP contribution in [-0.2, 0) is 10.0 Å². The molecule has 37 heavy (non-hydrogen) atoms. The van der Waals surface area contributed by atoms with E-state index in [0.717, 1.165) is 27.8 Å². The number of rotatable bonds is 8. The number of hydrogen-bond donors (Lipinski definition) is 2. The van der Waals surface area contributed by atoms with Crippen molar-refractivity contribution in [3.05, 3.63) is 83.4 Å². The molecule has 0 bridgehead atoms. The highest BCUT2D eigenvalue weighted by Gasteiger charge is 2.30. The molecule has 0 aromatic heterocycles. The van der Waals surface area contributed by atoms with Gasteiger partial charge < -0.3 is 19.7 Å². The van der Waals surface area contributed by atoms with E-state index in [1.54, 1.807) is 57.3 Å². The van der Waals surface area contributed by atoms with Gasteiger partial charge in [0.15, 0.2) is 0 Å². The molecule has 1 aliphatic rings. The zero-order valence-electron chi connectivity index (χ0n) is 21.7. The van der Waals surface area contributed by atoms with Crippen molar-refractivity contribution in [3.63, 3.8) is 0 Å². The lowest BCUT2D eigenvalue weighted by Crippen LogP contribution is -2.42. The van der Waals surface area contributed by atoms with Crippen molar-refractivity contribution in [2.45, 2.75) is 45.1 Å². The minimum absolute atomic E-state index is 0.151. The van der Waals surface area contributed by atoms with E-state index in [1.807, 2.05) is 44.2 Å². The summed E-state index contributed by atoms with van der Waals surface area (Å²) in [4.78, 5) is 0. The van der Waals surface area contributed by atoms with Crippen molar-refractivity contribution in [2.75, 3.05) is 13.7 Å². The van der Waals surface area contributed by atoms with Crippen molar-refractivity contribution in [1.29, 1.82) is 0 Å². The zero-order valence-corrected chi connectivity index (χ0v) is 22.5. The number of phenolic OH excluding ortho intramolecular Hbond substituents is 2. The van der Waals surface area contributed by atoms with Gasteiger partial charge in [-0.05, 0) is 86.9 Å². The van der Waals surface area contributed by atoms with Gasteiger partial charge >= 0.3 is 0 Å². The Hall–Kier alpha value is -3.49. The maximum absolute atomic E-state index is 12.4. The number of nitrogens with zero attached hydrogens (tertiary/aromatic N) is 1. The molecular formula is C29H33NO6S. The number of allylic oxidation sites excluding steroid dienone is 1. The van der Waals surface area contributed by atoms with Crippen LogP contribution in [0.1, 0.15) is 50.5 Å². The highest BCUT2D eigenvalue weighted by molar-refractivity contribution is 7.89. The van der Waals surface area contributed by atoms with Crippen LogP contribution in [0.4, 0.5) is 0 Å². The van der Waals surface area contributed by atoms with Gasteiger partial charge in [0.05, 0.1) is 11.3 Å². The molecule has 0 saturated carbocycles. The van der Waals surface area contributed by atoms with Crippen molar-refractivity contribution in [2.24, 2.45) is 0 Å². The van der Waals surface area contributed by atoms with E-state index in [9.17, 15) is 18.6 Å². The van der Waals surface area contributed by atoms with Crippen LogP contribution in [0.5, 0.6) is 23.0 Å². The van der Waals surface area contributed by atoms with Gasteiger partial charge in [0, 0.05) is 18.2 Å². The summed E-state index contributed by atoms with van der Waals surface area (Å²) >= 11 is 0. The minimum atomic E-state index is -3.37. The molecule has 7 nitrogen and oxygen atoms in total. The van der Waals surface area contributed by atoms with Crippen LogP contribution in [0.25, 0.3) is 11.1 Å². The summed E-state index contributed by atoms with van der Waals surface area (Å²) in [6.07, 6.45) is -0.450. The number of ether oxygens (including phenoxy) is 2. The summed E-state index contributed by atoms with van der Waals surface area (Å²) in [7, 11) is -1.80. The molecular weight excluding hydrogens is 490 g/mol. The van der Waals surface area contributed by atoms with E-state index < -0.39 is 21.4 Å². The van der Waals surface area contributed by atoms with Crippen molar-refractivity contribution in [3.8, 4) is 23.0 Å². The van der Waals surface area contributed by atoms with Crippen LogP contribution < -0.4 is 9.47 Å². The summed E-state index contributed by atoms with van der Waals surface area (Å²) < 4.78 is 38.5.